The second-order valence-corrected chi connectivity index (χ2v) is 6.68. The first-order valence-corrected chi connectivity index (χ1v) is 9.61. The first-order chi connectivity index (χ1) is 14.8. The van der Waals surface area contributed by atoms with Crippen LogP contribution in [-0.4, -0.2) is 16.7 Å². The number of hydrogen-bond acceptors (Lipinski definition) is 3. The van der Waals surface area contributed by atoms with E-state index >= 15 is 0 Å². The van der Waals surface area contributed by atoms with Gasteiger partial charge in [-0.1, -0.05) is 30.3 Å². The molecule has 0 aliphatic rings. The smallest absolute Gasteiger partial charge is 0.271 e. The molecule has 0 aliphatic carbocycles. The van der Waals surface area contributed by atoms with Crippen LogP contribution in [0.1, 0.15) is 21.5 Å². The lowest BCUT2D eigenvalue weighted by atomic mass is 10.2. The number of ether oxygens (including phenoxy) is 1. The molecule has 4 rings (SSSR count). The molecule has 5 nitrogen and oxygen atoms in total. The monoisotopic (exact) mass is 395 g/mol. The van der Waals surface area contributed by atoms with Gasteiger partial charge in [0.05, 0.1) is 6.21 Å². The molecule has 1 N–H and O–H groups in total. The van der Waals surface area contributed by atoms with Gasteiger partial charge in [-0.3, -0.25) is 4.79 Å². The third-order valence-corrected chi connectivity index (χ3v) is 4.54. The number of rotatable bonds is 7. The molecule has 148 valence electrons. The summed E-state index contributed by atoms with van der Waals surface area (Å²) < 4.78 is 7.75. The Morgan fingerprint density at radius 3 is 2.27 bits per heavy atom. The van der Waals surface area contributed by atoms with Gasteiger partial charge < -0.3 is 9.30 Å². The van der Waals surface area contributed by atoms with Crippen LogP contribution in [0.15, 0.2) is 108 Å². The minimum Gasteiger partial charge on any atom is -0.489 e. The number of nitrogens with zero attached hydrogens (tertiary/aromatic N) is 2. The summed E-state index contributed by atoms with van der Waals surface area (Å²) in [4.78, 5) is 12.3. The van der Waals surface area contributed by atoms with Gasteiger partial charge in [-0.15, -0.1) is 0 Å². The number of carbonyl (C=O) groups is 1. The molecule has 0 saturated heterocycles. The molecule has 0 fully saturated rings. The number of hydrazone groups is 1. The highest BCUT2D eigenvalue weighted by atomic mass is 16.5. The Hall–Kier alpha value is -4.12. The Kier molecular flexibility index (Phi) is 6.01. The first-order valence-electron chi connectivity index (χ1n) is 9.61. The first kappa shape index (κ1) is 19.2. The van der Waals surface area contributed by atoms with E-state index in [9.17, 15) is 4.79 Å². The fourth-order valence-corrected chi connectivity index (χ4v) is 2.91. The van der Waals surface area contributed by atoms with E-state index in [1.54, 1.807) is 18.3 Å². The van der Waals surface area contributed by atoms with Crippen LogP contribution in [0, 0.1) is 0 Å². The lowest BCUT2D eigenvalue weighted by molar-refractivity contribution is 0.0955. The Labute approximate surface area is 175 Å². The van der Waals surface area contributed by atoms with E-state index in [0.717, 1.165) is 22.6 Å². The van der Waals surface area contributed by atoms with Crippen LogP contribution in [0.3, 0.4) is 0 Å². The van der Waals surface area contributed by atoms with Gasteiger partial charge in [-0.25, -0.2) is 5.43 Å². The predicted molar refractivity (Wildman–Crippen MR) is 118 cm³/mol. The lowest BCUT2D eigenvalue weighted by Gasteiger charge is -2.06. The third kappa shape index (κ3) is 5.02. The highest BCUT2D eigenvalue weighted by Crippen LogP contribution is 2.14. The van der Waals surface area contributed by atoms with Gasteiger partial charge in [0.25, 0.3) is 5.91 Å². The lowest BCUT2D eigenvalue weighted by Crippen LogP contribution is -2.17. The summed E-state index contributed by atoms with van der Waals surface area (Å²) >= 11 is 0. The van der Waals surface area contributed by atoms with Gasteiger partial charge in [0.15, 0.2) is 0 Å². The molecule has 5 heteroatoms. The normalized spacial score (nSPS) is 10.8. The van der Waals surface area contributed by atoms with Crippen LogP contribution in [0.25, 0.3) is 5.69 Å². The summed E-state index contributed by atoms with van der Waals surface area (Å²) in [6.45, 7) is 0.521. The number of benzene rings is 3. The summed E-state index contributed by atoms with van der Waals surface area (Å²) in [5.74, 6) is 0.524. The van der Waals surface area contributed by atoms with Crippen LogP contribution >= 0.6 is 0 Å². The largest absolute Gasteiger partial charge is 0.489 e. The van der Waals surface area contributed by atoms with Crippen molar-refractivity contribution in [2.24, 2.45) is 5.10 Å². The average molecular weight is 395 g/mol. The van der Waals surface area contributed by atoms with Gasteiger partial charge in [-0.05, 0) is 71.8 Å². The van der Waals surface area contributed by atoms with Gasteiger partial charge in [0.1, 0.15) is 12.4 Å². The van der Waals surface area contributed by atoms with E-state index in [1.807, 2.05) is 95.8 Å². The van der Waals surface area contributed by atoms with E-state index in [4.69, 9.17) is 4.74 Å². The van der Waals surface area contributed by atoms with Crippen LogP contribution < -0.4 is 10.2 Å². The average Bonchev–Trinajstić information content (AvgIpc) is 3.34. The summed E-state index contributed by atoms with van der Waals surface area (Å²) in [6, 6.07) is 28.8. The molecule has 1 heterocycles. The van der Waals surface area contributed by atoms with Gasteiger partial charge in [0.2, 0.25) is 0 Å². The number of hydrogen-bond donors (Lipinski definition) is 1. The van der Waals surface area contributed by atoms with Crippen molar-refractivity contribution >= 4 is 12.1 Å². The quantitative estimate of drug-likeness (QED) is 0.360. The van der Waals surface area contributed by atoms with Crippen molar-refractivity contribution in [3.63, 3.8) is 0 Å². The number of nitrogens with one attached hydrogen (secondary N) is 1. The molecule has 1 aromatic heterocycles. The van der Waals surface area contributed by atoms with E-state index < -0.39 is 0 Å². The molecule has 0 unspecified atom stereocenters. The predicted octanol–water partition coefficient (Wildman–Crippen LogP) is 4.82. The zero-order valence-corrected chi connectivity index (χ0v) is 16.3. The van der Waals surface area contributed by atoms with Crippen molar-refractivity contribution in [3.8, 4) is 11.4 Å². The topological polar surface area (TPSA) is 55.6 Å². The highest BCUT2D eigenvalue weighted by molar-refractivity contribution is 5.95. The zero-order chi connectivity index (χ0) is 20.6. The second-order valence-electron chi connectivity index (χ2n) is 6.68. The highest BCUT2D eigenvalue weighted by Gasteiger charge is 2.04. The van der Waals surface area contributed by atoms with Crippen molar-refractivity contribution in [3.05, 3.63) is 120 Å². The Morgan fingerprint density at radius 2 is 1.57 bits per heavy atom. The summed E-state index contributed by atoms with van der Waals surface area (Å²) in [5.41, 5.74) is 6.08. The van der Waals surface area contributed by atoms with Gasteiger partial charge in [-0.2, -0.15) is 5.10 Å². The van der Waals surface area contributed by atoms with Crippen LogP contribution in [0.4, 0.5) is 0 Å². The SMILES string of the molecule is O=C(N/N=C/c1ccc(OCc2ccccc2)cc1)c1ccc(-n2cccc2)cc1. The molecule has 0 aliphatic heterocycles. The minimum absolute atomic E-state index is 0.256. The Balaban J connectivity index is 1.29. The number of amides is 1. The van der Waals surface area contributed by atoms with E-state index in [-0.39, 0.29) is 5.91 Å². The van der Waals surface area contributed by atoms with Crippen molar-refractivity contribution in [2.75, 3.05) is 0 Å². The maximum absolute atomic E-state index is 12.3. The minimum atomic E-state index is -0.256. The van der Waals surface area contributed by atoms with Crippen molar-refractivity contribution in [1.29, 1.82) is 0 Å². The maximum Gasteiger partial charge on any atom is 0.271 e. The summed E-state index contributed by atoms with van der Waals surface area (Å²) in [7, 11) is 0. The molecule has 30 heavy (non-hydrogen) atoms. The molecular weight excluding hydrogens is 374 g/mol. The third-order valence-electron chi connectivity index (χ3n) is 4.54. The fraction of sp³-hybridized carbons (Fsp3) is 0.0400. The van der Waals surface area contributed by atoms with Gasteiger partial charge in [0, 0.05) is 23.6 Å². The van der Waals surface area contributed by atoms with Crippen LogP contribution in [0.2, 0.25) is 0 Å². The number of aromatic nitrogens is 1. The van der Waals surface area contributed by atoms with Crippen molar-refractivity contribution < 1.29 is 9.53 Å². The molecule has 0 atom stereocenters. The van der Waals surface area contributed by atoms with Crippen molar-refractivity contribution in [2.45, 2.75) is 6.61 Å². The Morgan fingerprint density at radius 1 is 0.867 bits per heavy atom. The van der Waals surface area contributed by atoms with E-state index in [1.165, 1.54) is 0 Å². The number of carbonyl (C=O) groups excluding carboxylic acids is 1. The molecular formula is C25H21N3O2. The Bertz CT molecular complexity index is 1100. The molecule has 0 bridgehead atoms. The summed E-state index contributed by atoms with van der Waals surface area (Å²) in [5, 5.41) is 4.04. The molecule has 0 radical (unpaired) electrons. The molecule has 0 spiro atoms. The zero-order valence-electron chi connectivity index (χ0n) is 16.3. The van der Waals surface area contributed by atoms with Crippen LogP contribution in [-0.2, 0) is 6.61 Å². The maximum atomic E-state index is 12.3. The van der Waals surface area contributed by atoms with E-state index in [2.05, 4.69) is 10.5 Å². The van der Waals surface area contributed by atoms with Crippen LogP contribution in [0.5, 0.6) is 5.75 Å². The molecule has 1 amide bonds. The van der Waals surface area contributed by atoms with E-state index in [0.29, 0.717) is 12.2 Å². The fourth-order valence-electron chi connectivity index (χ4n) is 2.91. The van der Waals surface area contributed by atoms with Crippen molar-refractivity contribution in [1.82, 2.24) is 9.99 Å². The molecule has 3 aromatic carbocycles. The molecule has 0 saturated carbocycles. The summed E-state index contributed by atoms with van der Waals surface area (Å²) in [6.07, 6.45) is 5.52. The van der Waals surface area contributed by atoms with Gasteiger partial charge >= 0.3 is 0 Å². The molecule has 4 aromatic rings. The second kappa shape index (κ2) is 9.39. The standard InChI is InChI=1S/C25H21N3O2/c29-25(22-10-12-23(13-11-22)28-16-4-5-17-28)27-26-18-20-8-14-24(15-9-20)30-19-21-6-2-1-3-7-21/h1-18H,19H2,(H,27,29)/b26-18+.